The van der Waals surface area contributed by atoms with Crippen LogP contribution in [-0.2, 0) is 6.54 Å². The number of nitrogens with zero attached hydrogens (tertiary/aromatic N) is 2. The summed E-state index contributed by atoms with van der Waals surface area (Å²) in [7, 11) is 0. The summed E-state index contributed by atoms with van der Waals surface area (Å²) in [4.78, 5) is 6.79. The third kappa shape index (κ3) is 4.35. The number of hydrogen-bond acceptors (Lipinski definition) is 3. The van der Waals surface area contributed by atoms with Crippen LogP contribution in [0.5, 0.6) is 0 Å². The zero-order chi connectivity index (χ0) is 12.7. The van der Waals surface area contributed by atoms with Crippen molar-refractivity contribution in [1.82, 2.24) is 9.88 Å². The van der Waals surface area contributed by atoms with E-state index in [1.54, 1.807) is 0 Å². The van der Waals surface area contributed by atoms with Crippen LogP contribution in [0.2, 0.25) is 0 Å². The number of nitrogen functional groups attached to an aromatic ring is 1. The zero-order valence-corrected chi connectivity index (χ0v) is 11.3. The van der Waals surface area contributed by atoms with Crippen LogP contribution >= 0.6 is 0 Å². The number of aromatic nitrogens is 1. The van der Waals surface area contributed by atoms with E-state index in [-0.39, 0.29) is 0 Å². The Morgan fingerprint density at radius 2 is 2.00 bits per heavy atom. The number of rotatable bonds is 7. The van der Waals surface area contributed by atoms with E-state index in [1.807, 2.05) is 18.3 Å². The summed E-state index contributed by atoms with van der Waals surface area (Å²) >= 11 is 0. The van der Waals surface area contributed by atoms with Crippen molar-refractivity contribution in [2.45, 2.75) is 40.2 Å². The smallest absolute Gasteiger partial charge is 0.0772 e. The normalized spacial score (nSPS) is 11.4. The monoisotopic (exact) mass is 235 g/mol. The maximum atomic E-state index is 5.93. The molecule has 0 aliphatic rings. The number of nitrogens with two attached hydrogens (primary N) is 1. The quantitative estimate of drug-likeness (QED) is 0.790. The molecule has 3 nitrogen and oxygen atoms in total. The summed E-state index contributed by atoms with van der Waals surface area (Å²) in [5.74, 6) is 0.778. The molecule has 0 bridgehead atoms. The number of anilines is 1. The van der Waals surface area contributed by atoms with Crippen LogP contribution in [0.15, 0.2) is 18.3 Å². The van der Waals surface area contributed by atoms with Gasteiger partial charge in [0.25, 0.3) is 0 Å². The Hall–Kier alpha value is -1.09. The molecule has 3 heteroatoms. The lowest BCUT2D eigenvalue weighted by molar-refractivity contribution is 0.224. The summed E-state index contributed by atoms with van der Waals surface area (Å²) in [6.45, 7) is 9.77. The molecule has 1 rings (SSSR count). The van der Waals surface area contributed by atoms with E-state index in [0.29, 0.717) is 0 Å². The van der Waals surface area contributed by atoms with Crippen molar-refractivity contribution in [2.24, 2.45) is 5.92 Å². The highest BCUT2D eigenvalue weighted by Gasteiger charge is 2.11. The van der Waals surface area contributed by atoms with E-state index in [1.165, 1.54) is 12.8 Å². The lowest BCUT2D eigenvalue weighted by atomic mass is 10.0. The summed E-state index contributed by atoms with van der Waals surface area (Å²) in [6.07, 6.45) is 4.30. The first-order chi connectivity index (χ1) is 8.21. The minimum Gasteiger partial charge on any atom is -0.397 e. The molecule has 17 heavy (non-hydrogen) atoms. The van der Waals surface area contributed by atoms with Crippen molar-refractivity contribution >= 4 is 5.69 Å². The van der Waals surface area contributed by atoms with Crippen LogP contribution in [0.3, 0.4) is 0 Å². The average molecular weight is 235 g/mol. The zero-order valence-electron chi connectivity index (χ0n) is 11.3. The van der Waals surface area contributed by atoms with Crippen molar-refractivity contribution in [1.29, 1.82) is 0 Å². The summed E-state index contributed by atoms with van der Waals surface area (Å²) in [6, 6.07) is 3.81. The fourth-order valence-electron chi connectivity index (χ4n) is 2.01. The van der Waals surface area contributed by atoms with Crippen molar-refractivity contribution in [3.63, 3.8) is 0 Å². The summed E-state index contributed by atoms with van der Waals surface area (Å²) < 4.78 is 0. The molecule has 1 aromatic rings. The largest absolute Gasteiger partial charge is 0.397 e. The van der Waals surface area contributed by atoms with Crippen LogP contribution in [0.25, 0.3) is 0 Å². The van der Waals surface area contributed by atoms with Gasteiger partial charge in [0, 0.05) is 19.3 Å². The molecular weight excluding hydrogens is 210 g/mol. The first-order valence-electron chi connectivity index (χ1n) is 6.62. The van der Waals surface area contributed by atoms with E-state index in [2.05, 4.69) is 30.7 Å². The molecule has 0 fully saturated rings. The second kappa shape index (κ2) is 7.28. The van der Waals surface area contributed by atoms with Crippen LogP contribution in [-0.4, -0.2) is 23.0 Å². The maximum Gasteiger partial charge on any atom is 0.0772 e. The van der Waals surface area contributed by atoms with Crippen molar-refractivity contribution in [3.8, 4) is 0 Å². The predicted molar refractivity (Wildman–Crippen MR) is 73.7 cm³/mol. The van der Waals surface area contributed by atoms with Gasteiger partial charge in [-0.05, 0) is 24.6 Å². The fourth-order valence-corrected chi connectivity index (χ4v) is 2.01. The molecule has 2 N–H and O–H groups in total. The van der Waals surface area contributed by atoms with Gasteiger partial charge in [-0.2, -0.15) is 0 Å². The molecule has 0 spiro atoms. The minimum absolute atomic E-state index is 0.778. The molecule has 0 aromatic carbocycles. The molecule has 0 saturated carbocycles. The minimum atomic E-state index is 0.778. The third-order valence-corrected chi connectivity index (χ3v) is 3.42. The van der Waals surface area contributed by atoms with Gasteiger partial charge in [0.1, 0.15) is 0 Å². The second-order valence-corrected chi connectivity index (χ2v) is 4.55. The van der Waals surface area contributed by atoms with Crippen molar-refractivity contribution < 1.29 is 0 Å². The molecule has 0 radical (unpaired) electrons. The molecular formula is C14H25N3. The van der Waals surface area contributed by atoms with Crippen LogP contribution in [0.1, 0.15) is 39.3 Å². The standard InChI is InChI=1S/C14H25N3/c1-4-12(5-2)10-17(6-3)11-14-13(15)8-7-9-16-14/h7-9,12H,4-6,10-11,15H2,1-3H3. The summed E-state index contributed by atoms with van der Waals surface area (Å²) in [5.41, 5.74) is 7.73. The van der Waals surface area contributed by atoms with Gasteiger partial charge in [0.2, 0.25) is 0 Å². The fraction of sp³-hybridized carbons (Fsp3) is 0.643. The molecule has 1 aromatic heterocycles. The molecule has 0 aliphatic heterocycles. The van der Waals surface area contributed by atoms with Gasteiger partial charge >= 0.3 is 0 Å². The SMILES string of the molecule is CCC(CC)CN(CC)Cc1ncccc1N. The highest BCUT2D eigenvalue weighted by molar-refractivity contribution is 5.41. The Labute approximate surface area is 105 Å². The summed E-state index contributed by atoms with van der Waals surface area (Å²) in [5, 5.41) is 0. The van der Waals surface area contributed by atoms with Gasteiger partial charge in [-0.3, -0.25) is 9.88 Å². The van der Waals surface area contributed by atoms with E-state index in [9.17, 15) is 0 Å². The van der Waals surface area contributed by atoms with Gasteiger partial charge < -0.3 is 5.73 Å². The highest BCUT2D eigenvalue weighted by atomic mass is 15.1. The Balaban J connectivity index is 2.61. The van der Waals surface area contributed by atoms with Crippen molar-refractivity contribution in [3.05, 3.63) is 24.0 Å². The first kappa shape index (κ1) is 14.0. The number of hydrogen-bond donors (Lipinski definition) is 1. The van der Waals surface area contributed by atoms with E-state index in [0.717, 1.165) is 36.9 Å². The van der Waals surface area contributed by atoms with Crippen LogP contribution in [0, 0.1) is 5.92 Å². The Morgan fingerprint density at radius 3 is 2.53 bits per heavy atom. The highest BCUT2D eigenvalue weighted by Crippen LogP contribution is 2.14. The second-order valence-electron chi connectivity index (χ2n) is 4.55. The maximum absolute atomic E-state index is 5.93. The van der Waals surface area contributed by atoms with Gasteiger partial charge in [-0.1, -0.05) is 33.6 Å². The predicted octanol–water partition coefficient (Wildman–Crippen LogP) is 2.92. The molecule has 0 atom stereocenters. The lowest BCUT2D eigenvalue weighted by Gasteiger charge is -2.25. The number of pyridine rings is 1. The van der Waals surface area contributed by atoms with Gasteiger partial charge in [0.05, 0.1) is 11.4 Å². The molecule has 0 aliphatic carbocycles. The first-order valence-corrected chi connectivity index (χ1v) is 6.62. The van der Waals surface area contributed by atoms with Gasteiger partial charge in [-0.25, -0.2) is 0 Å². The van der Waals surface area contributed by atoms with E-state index < -0.39 is 0 Å². The Kier molecular flexibility index (Phi) is 5.98. The molecule has 0 amide bonds. The third-order valence-electron chi connectivity index (χ3n) is 3.42. The van der Waals surface area contributed by atoms with Crippen LogP contribution in [0.4, 0.5) is 5.69 Å². The van der Waals surface area contributed by atoms with E-state index in [4.69, 9.17) is 5.73 Å². The van der Waals surface area contributed by atoms with Crippen LogP contribution < -0.4 is 5.73 Å². The topological polar surface area (TPSA) is 42.2 Å². The Bertz CT molecular complexity index is 321. The Morgan fingerprint density at radius 1 is 1.29 bits per heavy atom. The molecule has 96 valence electrons. The van der Waals surface area contributed by atoms with Gasteiger partial charge in [-0.15, -0.1) is 0 Å². The van der Waals surface area contributed by atoms with E-state index >= 15 is 0 Å². The average Bonchev–Trinajstić information content (AvgIpc) is 2.36. The molecule has 0 saturated heterocycles. The molecule has 1 heterocycles. The van der Waals surface area contributed by atoms with Crippen molar-refractivity contribution in [2.75, 3.05) is 18.8 Å². The molecule has 0 unspecified atom stereocenters. The van der Waals surface area contributed by atoms with Gasteiger partial charge in [0.15, 0.2) is 0 Å². The lowest BCUT2D eigenvalue weighted by Crippen LogP contribution is -2.29.